The van der Waals surface area contributed by atoms with Gasteiger partial charge in [0.2, 0.25) is 0 Å². The monoisotopic (exact) mass is 239 g/mol. The Balaban J connectivity index is 1.72. The SMILES string of the molecule is CCn1cncc1COCC1CNCC(C)O1. The third-order valence-corrected chi connectivity index (χ3v) is 2.92. The molecule has 0 aliphatic carbocycles. The molecule has 1 saturated heterocycles. The second-order valence-corrected chi connectivity index (χ2v) is 4.41. The lowest BCUT2D eigenvalue weighted by Gasteiger charge is -2.28. The summed E-state index contributed by atoms with van der Waals surface area (Å²) >= 11 is 0. The van der Waals surface area contributed by atoms with Crippen molar-refractivity contribution < 1.29 is 9.47 Å². The van der Waals surface area contributed by atoms with Gasteiger partial charge in [-0.1, -0.05) is 0 Å². The largest absolute Gasteiger partial charge is 0.372 e. The number of morpholine rings is 1. The molecule has 96 valence electrons. The lowest BCUT2D eigenvalue weighted by Crippen LogP contribution is -2.45. The van der Waals surface area contributed by atoms with Crippen molar-refractivity contribution in [2.45, 2.75) is 39.2 Å². The Morgan fingerprint density at radius 2 is 2.47 bits per heavy atom. The van der Waals surface area contributed by atoms with Gasteiger partial charge in [0.25, 0.3) is 0 Å². The minimum Gasteiger partial charge on any atom is -0.372 e. The topological polar surface area (TPSA) is 48.3 Å². The minimum atomic E-state index is 0.164. The first kappa shape index (κ1) is 12.5. The first-order chi connectivity index (χ1) is 8.29. The van der Waals surface area contributed by atoms with Crippen molar-refractivity contribution in [1.82, 2.24) is 14.9 Å². The first-order valence-corrected chi connectivity index (χ1v) is 6.22. The van der Waals surface area contributed by atoms with E-state index in [1.54, 1.807) is 0 Å². The van der Waals surface area contributed by atoms with Gasteiger partial charge in [-0.05, 0) is 13.8 Å². The maximum absolute atomic E-state index is 5.75. The zero-order valence-electron chi connectivity index (χ0n) is 10.6. The van der Waals surface area contributed by atoms with E-state index >= 15 is 0 Å². The van der Waals surface area contributed by atoms with E-state index in [4.69, 9.17) is 9.47 Å². The molecule has 0 aromatic carbocycles. The van der Waals surface area contributed by atoms with Crippen LogP contribution < -0.4 is 5.32 Å². The van der Waals surface area contributed by atoms with E-state index in [0.717, 1.165) is 25.3 Å². The second-order valence-electron chi connectivity index (χ2n) is 4.41. The summed E-state index contributed by atoms with van der Waals surface area (Å²) in [5.74, 6) is 0. The summed E-state index contributed by atoms with van der Waals surface area (Å²) in [7, 11) is 0. The van der Waals surface area contributed by atoms with Gasteiger partial charge in [0.1, 0.15) is 0 Å². The molecular formula is C12H21N3O2. The number of aryl methyl sites for hydroxylation is 1. The minimum absolute atomic E-state index is 0.164. The smallest absolute Gasteiger partial charge is 0.0948 e. The molecule has 1 N–H and O–H groups in total. The molecule has 0 spiro atoms. The molecule has 5 nitrogen and oxygen atoms in total. The summed E-state index contributed by atoms with van der Waals surface area (Å²) in [5, 5.41) is 3.33. The van der Waals surface area contributed by atoms with Gasteiger partial charge in [0.05, 0.1) is 43.6 Å². The molecule has 1 aliphatic heterocycles. The zero-order chi connectivity index (χ0) is 12.1. The number of nitrogens with one attached hydrogen (secondary N) is 1. The van der Waals surface area contributed by atoms with Gasteiger partial charge in [0, 0.05) is 19.6 Å². The number of nitrogens with zero attached hydrogens (tertiary/aromatic N) is 2. The molecule has 0 saturated carbocycles. The van der Waals surface area contributed by atoms with Crippen LogP contribution in [0.1, 0.15) is 19.5 Å². The number of imidazole rings is 1. The highest BCUT2D eigenvalue weighted by molar-refractivity contribution is 4.96. The number of hydrogen-bond acceptors (Lipinski definition) is 4. The predicted octanol–water partition coefficient (Wildman–Crippen LogP) is 0.796. The third-order valence-electron chi connectivity index (χ3n) is 2.92. The van der Waals surface area contributed by atoms with Gasteiger partial charge in [-0.3, -0.25) is 0 Å². The standard InChI is InChI=1S/C12H21N3O2/c1-3-15-9-14-5-11(15)7-16-8-12-6-13-4-10(2)17-12/h5,9-10,12-13H,3-4,6-8H2,1-2H3. The molecule has 1 aromatic heterocycles. The molecule has 2 heterocycles. The van der Waals surface area contributed by atoms with E-state index in [0.29, 0.717) is 13.2 Å². The molecule has 2 rings (SSSR count). The second kappa shape index (κ2) is 6.14. The summed E-state index contributed by atoms with van der Waals surface area (Å²) in [6, 6.07) is 0. The molecule has 1 aromatic rings. The molecule has 17 heavy (non-hydrogen) atoms. The van der Waals surface area contributed by atoms with E-state index in [9.17, 15) is 0 Å². The summed E-state index contributed by atoms with van der Waals surface area (Å²) in [6.45, 7) is 8.13. The van der Waals surface area contributed by atoms with Crippen molar-refractivity contribution in [3.63, 3.8) is 0 Å². The van der Waals surface area contributed by atoms with Gasteiger partial charge in [-0.25, -0.2) is 4.98 Å². The van der Waals surface area contributed by atoms with Crippen LogP contribution in [-0.2, 0) is 22.6 Å². The molecule has 1 aliphatic rings. The van der Waals surface area contributed by atoms with Crippen LogP contribution in [0, 0.1) is 0 Å². The quantitative estimate of drug-likeness (QED) is 0.825. The highest BCUT2D eigenvalue weighted by Crippen LogP contribution is 2.06. The number of ether oxygens (including phenoxy) is 2. The van der Waals surface area contributed by atoms with Gasteiger partial charge in [0.15, 0.2) is 0 Å². The fraction of sp³-hybridized carbons (Fsp3) is 0.750. The van der Waals surface area contributed by atoms with E-state index in [2.05, 4.69) is 28.7 Å². The Morgan fingerprint density at radius 3 is 3.24 bits per heavy atom. The maximum Gasteiger partial charge on any atom is 0.0948 e. The van der Waals surface area contributed by atoms with Crippen molar-refractivity contribution >= 4 is 0 Å². The van der Waals surface area contributed by atoms with Crippen molar-refractivity contribution in [3.05, 3.63) is 18.2 Å². The van der Waals surface area contributed by atoms with Crippen molar-refractivity contribution in [3.8, 4) is 0 Å². The van der Waals surface area contributed by atoms with Gasteiger partial charge >= 0.3 is 0 Å². The van der Waals surface area contributed by atoms with Crippen LogP contribution in [-0.4, -0.2) is 41.5 Å². The molecule has 2 unspecified atom stereocenters. The first-order valence-electron chi connectivity index (χ1n) is 6.22. The van der Waals surface area contributed by atoms with Crippen LogP contribution >= 0.6 is 0 Å². The number of rotatable bonds is 5. The maximum atomic E-state index is 5.75. The Bertz CT molecular complexity index is 340. The molecule has 2 atom stereocenters. The Kier molecular flexibility index (Phi) is 4.53. The van der Waals surface area contributed by atoms with Crippen molar-refractivity contribution in [2.75, 3.05) is 19.7 Å². The lowest BCUT2D eigenvalue weighted by molar-refractivity contribution is -0.0722. The summed E-state index contributed by atoms with van der Waals surface area (Å²) in [4.78, 5) is 4.11. The molecule has 0 radical (unpaired) electrons. The number of aromatic nitrogens is 2. The normalized spacial score (nSPS) is 25.1. The fourth-order valence-corrected chi connectivity index (χ4v) is 2.02. The van der Waals surface area contributed by atoms with Crippen molar-refractivity contribution in [2.24, 2.45) is 0 Å². The predicted molar refractivity (Wildman–Crippen MR) is 64.8 cm³/mol. The molecule has 1 fully saturated rings. The van der Waals surface area contributed by atoms with E-state index in [-0.39, 0.29) is 12.2 Å². The van der Waals surface area contributed by atoms with Gasteiger partial charge in [-0.15, -0.1) is 0 Å². The highest BCUT2D eigenvalue weighted by Gasteiger charge is 2.18. The Morgan fingerprint density at radius 1 is 1.59 bits per heavy atom. The van der Waals surface area contributed by atoms with Crippen LogP contribution in [0.25, 0.3) is 0 Å². The average molecular weight is 239 g/mol. The highest BCUT2D eigenvalue weighted by atomic mass is 16.5. The summed E-state index contributed by atoms with van der Waals surface area (Å²) in [6.07, 6.45) is 4.13. The van der Waals surface area contributed by atoms with Crippen LogP contribution in [0.15, 0.2) is 12.5 Å². The van der Waals surface area contributed by atoms with Crippen LogP contribution in [0.3, 0.4) is 0 Å². The Hall–Kier alpha value is -0.910. The average Bonchev–Trinajstić information content (AvgIpc) is 2.77. The third kappa shape index (κ3) is 3.52. The number of hydrogen-bond donors (Lipinski definition) is 1. The van der Waals surface area contributed by atoms with Crippen LogP contribution in [0.2, 0.25) is 0 Å². The summed E-state index contributed by atoms with van der Waals surface area (Å²) in [5.41, 5.74) is 1.12. The van der Waals surface area contributed by atoms with E-state index < -0.39 is 0 Å². The van der Waals surface area contributed by atoms with Gasteiger partial charge in [-0.2, -0.15) is 0 Å². The molecule has 5 heteroatoms. The zero-order valence-corrected chi connectivity index (χ0v) is 10.6. The van der Waals surface area contributed by atoms with Crippen molar-refractivity contribution in [1.29, 1.82) is 0 Å². The van der Waals surface area contributed by atoms with E-state index in [1.165, 1.54) is 0 Å². The lowest BCUT2D eigenvalue weighted by atomic mass is 10.2. The molecule has 0 bridgehead atoms. The molecule has 0 amide bonds. The molecular weight excluding hydrogens is 218 g/mol. The van der Waals surface area contributed by atoms with Crippen LogP contribution in [0.5, 0.6) is 0 Å². The summed E-state index contributed by atoms with van der Waals surface area (Å²) < 4.78 is 13.5. The fourth-order valence-electron chi connectivity index (χ4n) is 2.02. The van der Waals surface area contributed by atoms with Crippen LogP contribution in [0.4, 0.5) is 0 Å². The Labute approximate surface area is 102 Å². The van der Waals surface area contributed by atoms with Gasteiger partial charge < -0.3 is 19.4 Å². The van der Waals surface area contributed by atoms with E-state index in [1.807, 2.05) is 12.5 Å².